The van der Waals surface area contributed by atoms with Crippen LogP contribution in [0.25, 0.3) is 21.7 Å². The Bertz CT molecular complexity index is 1130. The molecule has 1 heterocycles. The number of fused-ring (bicyclic) bond motifs is 2. The molecule has 0 aliphatic rings. The Kier molecular flexibility index (Phi) is 3.53. The molecule has 3 nitrogen and oxygen atoms in total. The summed E-state index contributed by atoms with van der Waals surface area (Å²) in [4.78, 5) is 16.5. The number of para-hydroxylation sites is 1. The van der Waals surface area contributed by atoms with E-state index < -0.39 is 0 Å². The maximum absolute atomic E-state index is 14.1. The van der Waals surface area contributed by atoms with E-state index in [4.69, 9.17) is 4.74 Å². The maximum Gasteiger partial charge on any atom is 0.196 e. The molecule has 124 valence electrons. The van der Waals surface area contributed by atoms with Gasteiger partial charge in [-0.25, -0.2) is 4.39 Å². The van der Waals surface area contributed by atoms with Gasteiger partial charge in [0.2, 0.25) is 0 Å². The summed E-state index contributed by atoms with van der Waals surface area (Å²) in [7, 11) is 1.60. The molecule has 0 aliphatic carbocycles. The summed E-state index contributed by atoms with van der Waals surface area (Å²) in [5.41, 5.74) is 2.63. The Balaban J connectivity index is 1.98. The fourth-order valence-corrected chi connectivity index (χ4v) is 3.38. The molecule has 4 rings (SSSR count). The number of halogens is 1. The van der Waals surface area contributed by atoms with Crippen molar-refractivity contribution in [2.75, 3.05) is 7.11 Å². The van der Waals surface area contributed by atoms with Crippen LogP contribution in [0, 0.1) is 12.7 Å². The summed E-state index contributed by atoms with van der Waals surface area (Å²) in [6.45, 7) is 1.86. The molecule has 0 saturated carbocycles. The molecule has 1 N–H and O–H groups in total. The number of H-pyrrole nitrogens is 1. The summed E-state index contributed by atoms with van der Waals surface area (Å²) in [6.07, 6.45) is 0. The molecule has 0 unspecified atom stereocenters. The topological polar surface area (TPSA) is 42.1 Å². The summed E-state index contributed by atoms with van der Waals surface area (Å²) in [6, 6.07) is 15.5. The second-order valence-corrected chi connectivity index (χ2v) is 5.98. The van der Waals surface area contributed by atoms with E-state index in [0.717, 1.165) is 16.6 Å². The van der Waals surface area contributed by atoms with Crippen LogP contribution >= 0.6 is 0 Å². The normalized spacial score (nSPS) is 11.2. The van der Waals surface area contributed by atoms with E-state index in [1.54, 1.807) is 31.4 Å². The number of ether oxygens (including phenoxy) is 1. The first-order chi connectivity index (χ1) is 12.1. The van der Waals surface area contributed by atoms with Crippen molar-refractivity contribution in [2.24, 2.45) is 0 Å². The van der Waals surface area contributed by atoms with Gasteiger partial charge in [-0.1, -0.05) is 36.4 Å². The molecular weight excluding hydrogens is 317 g/mol. The first-order valence-corrected chi connectivity index (χ1v) is 7.99. The van der Waals surface area contributed by atoms with E-state index in [1.807, 2.05) is 31.2 Å². The molecule has 0 saturated heterocycles. The molecule has 4 heteroatoms. The molecule has 0 bridgehead atoms. The molecule has 1 aromatic heterocycles. The van der Waals surface area contributed by atoms with Crippen LogP contribution in [0.4, 0.5) is 4.39 Å². The van der Waals surface area contributed by atoms with Crippen LogP contribution in [0.5, 0.6) is 5.75 Å². The van der Waals surface area contributed by atoms with Crippen LogP contribution in [0.1, 0.15) is 21.6 Å². The SMILES string of the molecule is COc1cccc2c(C(=O)c3ccc(F)c4ccccc34)c(C)[nH]c12. The summed E-state index contributed by atoms with van der Waals surface area (Å²) in [5.74, 6) is 0.223. The number of aromatic amines is 1. The lowest BCUT2D eigenvalue weighted by molar-refractivity contribution is 0.104. The number of hydrogen-bond donors (Lipinski definition) is 1. The number of hydrogen-bond acceptors (Lipinski definition) is 2. The van der Waals surface area contributed by atoms with Crippen LogP contribution in [0.15, 0.2) is 54.6 Å². The quantitative estimate of drug-likeness (QED) is 0.536. The standard InChI is InChI=1S/C21H16FNO2/c1-12-19(16-8-5-9-18(25-2)20(16)23-12)21(24)15-10-11-17(22)14-7-4-3-6-13(14)15/h3-11,23H,1-2H3. The van der Waals surface area contributed by atoms with Gasteiger partial charge in [0, 0.05) is 22.0 Å². The predicted octanol–water partition coefficient (Wildman–Crippen LogP) is 5.01. The average Bonchev–Trinajstić information content (AvgIpc) is 2.97. The van der Waals surface area contributed by atoms with E-state index in [2.05, 4.69) is 4.98 Å². The first kappa shape index (κ1) is 15.4. The van der Waals surface area contributed by atoms with Gasteiger partial charge in [0.05, 0.1) is 18.2 Å². The number of aryl methyl sites for hydroxylation is 1. The third-order valence-electron chi connectivity index (χ3n) is 4.55. The lowest BCUT2D eigenvalue weighted by Gasteiger charge is -2.07. The van der Waals surface area contributed by atoms with Gasteiger partial charge >= 0.3 is 0 Å². The molecule has 0 radical (unpaired) electrons. The molecule has 0 fully saturated rings. The average molecular weight is 333 g/mol. The van der Waals surface area contributed by atoms with Crippen LogP contribution in [-0.2, 0) is 0 Å². The zero-order chi connectivity index (χ0) is 17.6. The van der Waals surface area contributed by atoms with Crippen molar-refractivity contribution in [2.45, 2.75) is 6.92 Å². The van der Waals surface area contributed by atoms with E-state index in [-0.39, 0.29) is 11.6 Å². The second-order valence-electron chi connectivity index (χ2n) is 5.98. The second kappa shape index (κ2) is 5.74. The van der Waals surface area contributed by atoms with Gasteiger partial charge in [0.1, 0.15) is 11.6 Å². The fourth-order valence-electron chi connectivity index (χ4n) is 3.38. The van der Waals surface area contributed by atoms with Gasteiger partial charge in [-0.3, -0.25) is 4.79 Å². The number of benzene rings is 3. The van der Waals surface area contributed by atoms with Gasteiger partial charge in [-0.2, -0.15) is 0 Å². The number of carbonyl (C=O) groups is 1. The predicted molar refractivity (Wildman–Crippen MR) is 96.9 cm³/mol. The molecule has 0 atom stereocenters. The molecule has 3 aromatic carbocycles. The Morgan fingerprint density at radius 3 is 2.44 bits per heavy atom. The number of nitrogens with one attached hydrogen (secondary N) is 1. The van der Waals surface area contributed by atoms with Gasteiger partial charge in [0.25, 0.3) is 0 Å². The highest BCUT2D eigenvalue weighted by Crippen LogP contribution is 2.32. The van der Waals surface area contributed by atoms with Crippen LogP contribution in [-0.4, -0.2) is 17.9 Å². The number of carbonyl (C=O) groups excluding carboxylic acids is 1. The molecule has 4 aromatic rings. The third kappa shape index (κ3) is 2.30. The Morgan fingerprint density at radius 2 is 1.68 bits per heavy atom. The van der Waals surface area contributed by atoms with Crippen molar-refractivity contribution < 1.29 is 13.9 Å². The summed E-state index contributed by atoms with van der Waals surface area (Å²) in [5, 5.41) is 1.86. The molecule has 0 amide bonds. The van der Waals surface area contributed by atoms with E-state index in [0.29, 0.717) is 27.6 Å². The Morgan fingerprint density at radius 1 is 0.960 bits per heavy atom. The van der Waals surface area contributed by atoms with E-state index in [9.17, 15) is 9.18 Å². The van der Waals surface area contributed by atoms with E-state index in [1.165, 1.54) is 6.07 Å². The van der Waals surface area contributed by atoms with Gasteiger partial charge in [-0.15, -0.1) is 0 Å². The van der Waals surface area contributed by atoms with Crippen molar-refractivity contribution in [3.63, 3.8) is 0 Å². The van der Waals surface area contributed by atoms with Crippen molar-refractivity contribution >= 4 is 27.5 Å². The minimum absolute atomic E-state index is 0.131. The maximum atomic E-state index is 14.1. The van der Waals surface area contributed by atoms with E-state index >= 15 is 0 Å². The summed E-state index contributed by atoms with van der Waals surface area (Å²) < 4.78 is 19.4. The lowest BCUT2D eigenvalue weighted by atomic mass is 9.95. The number of ketones is 1. The largest absolute Gasteiger partial charge is 0.495 e. The van der Waals surface area contributed by atoms with Crippen LogP contribution in [0.2, 0.25) is 0 Å². The van der Waals surface area contributed by atoms with Crippen molar-refractivity contribution in [1.82, 2.24) is 4.98 Å². The molecular formula is C21H16FNO2. The number of methoxy groups -OCH3 is 1. The smallest absolute Gasteiger partial charge is 0.196 e. The number of aromatic nitrogens is 1. The lowest BCUT2D eigenvalue weighted by Crippen LogP contribution is -2.04. The fraction of sp³-hybridized carbons (Fsp3) is 0.0952. The third-order valence-corrected chi connectivity index (χ3v) is 4.55. The van der Waals surface area contributed by atoms with Crippen molar-refractivity contribution in [1.29, 1.82) is 0 Å². The summed E-state index contributed by atoms with van der Waals surface area (Å²) >= 11 is 0. The Hall–Kier alpha value is -3.14. The Labute approximate surface area is 144 Å². The monoisotopic (exact) mass is 333 g/mol. The van der Waals surface area contributed by atoms with Gasteiger partial charge in [0.15, 0.2) is 5.78 Å². The van der Waals surface area contributed by atoms with Gasteiger partial charge < -0.3 is 9.72 Å². The number of rotatable bonds is 3. The zero-order valence-corrected chi connectivity index (χ0v) is 13.9. The first-order valence-electron chi connectivity index (χ1n) is 7.99. The molecule has 25 heavy (non-hydrogen) atoms. The highest BCUT2D eigenvalue weighted by Gasteiger charge is 2.21. The highest BCUT2D eigenvalue weighted by atomic mass is 19.1. The zero-order valence-electron chi connectivity index (χ0n) is 13.9. The highest BCUT2D eigenvalue weighted by molar-refractivity contribution is 6.22. The van der Waals surface area contributed by atoms with Crippen LogP contribution < -0.4 is 4.74 Å². The molecule has 0 aliphatic heterocycles. The minimum atomic E-state index is -0.329. The van der Waals surface area contributed by atoms with Gasteiger partial charge in [-0.05, 0) is 30.5 Å². The molecule has 0 spiro atoms. The van der Waals surface area contributed by atoms with Crippen molar-refractivity contribution in [3.8, 4) is 5.75 Å². The van der Waals surface area contributed by atoms with Crippen molar-refractivity contribution in [3.05, 3.63) is 77.2 Å². The van der Waals surface area contributed by atoms with Crippen LogP contribution in [0.3, 0.4) is 0 Å². The minimum Gasteiger partial charge on any atom is -0.495 e.